The van der Waals surface area contributed by atoms with Gasteiger partial charge in [-0.3, -0.25) is 4.98 Å². The Balaban J connectivity index is 0.000000561. The normalized spacial score (nSPS) is 8.25. The van der Waals surface area contributed by atoms with Crippen LogP contribution in [-0.4, -0.2) is 11.2 Å². The van der Waals surface area contributed by atoms with Crippen LogP contribution in [0.1, 0.15) is 19.4 Å². The molecule has 0 aliphatic rings. The van der Waals surface area contributed by atoms with Gasteiger partial charge in [-0.25, -0.2) is 0 Å². The number of halogens is 1. The quantitative estimate of drug-likeness (QED) is 0.728. The summed E-state index contributed by atoms with van der Waals surface area (Å²) < 4.78 is 0.752. The molecule has 0 spiro atoms. The third kappa shape index (κ3) is 2.62. The molecule has 0 aliphatic heterocycles. The Hall–Kier alpha value is -0.900. The van der Waals surface area contributed by atoms with Gasteiger partial charge >= 0.3 is 0 Å². The summed E-state index contributed by atoms with van der Waals surface area (Å²) in [5.41, 5.74) is 6.68. The molecule has 1 aromatic rings. The fourth-order valence-electron chi connectivity index (χ4n) is 0.612. The van der Waals surface area contributed by atoms with Crippen LogP contribution < -0.4 is 5.73 Å². The molecule has 3 nitrogen and oxygen atoms in total. The van der Waals surface area contributed by atoms with Gasteiger partial charge in [0.2, 0.25) is 0 Å². The predicted octanol–water partition coefficient (Wildman–Crippen LogP) is 2.45. The molecule has 1 rings (SSSR count). The molecule has 0 fully saturated rings. The van der Waals surface area contributed by atoms with E-state index in [1.54, 1.807) is 6.20 Å². The zero-order chi connectivity index (χ0) is 9.56. The zero-order valence-corrected chi connectivity index (χ0v) is 8.72. The monoisotopic (exact) mass is 229 g/mol. The van der Waals surface area contributed by atoms with Gasteiger partial charge < -0.3 is 11.1 Å². The van der Waals surface area contributed by atoms with Gasteiger partial charge in [0, 0.05) is 22.4 Å². The summed E-state index contributed by atoms with van der Waals surface area (Å²) in [7, 11) is 0. The van der Waals surface area contributed by atoms with Gasteiger partial charge in [0.05, 0.1) is 11.9 Å². The standard InChI is InChI=1S/C6H6BrN3.C2H6/c7-5-2-10-3-6(9)4(5)1-8;1-2/h1-3,8H,9H2;1-2H3. The van der Waals surface area contributed by atoms with Crippen molar-refractivity contribution >= 4 is 27.8 Å². The Morgan fingerprint density at radius 1 is 1.50 bits per heavy atom. The summed E-state index contributed by atoms with van der Waals surface area (Å²) in [6.45, 7) is 4.00. The number of nitrogen functional groups attached to an aromatic ring is 1. The van der Waals surface area contributed by atoms with E-state index in [0.717, 1.165) is 4.47 Å². The highest BCUT2D eigenvalue weighted by molar-refractivity contribution is 9.10. The molecule has 4 heteroatoms. The van der Waals surface area contributed by atoms with Crippen LogP contribution in [0.25, 0.3) is 0 Å². The number of hydrogen-bond donors (Lipinski definition) is 2. The number of nitrogens with zero attached hydrogens (tertiary/aromatic N) is 1. The summed E-state index contributed by atoms with van der Waals surface area (Å²) in [5.74, 6) is 0. The van der Waals surface area contributed by atoms with E-state index >= 15 is 0 Å². The van der Waals surface area contributed by atoms with Crippen LogP contribution >= 0.6 is 15.9 Å². The smallest absolute Gasteiger partial charge is 0.0601 e. The fraction of sp³-hybridized carbons (Fsp3) is 0.250. The van der Waals surface area contributed by atoms with Gasteiger partial charge in [-0.1, -0.05) is 13.8 Å². The molecular weight excluding hydrogens is 218 g/mol. The van der Waals surface area contributed by atoms with E-state index in [1.807, 2.05) is 13.8 Å². The minimum absolute atomic E-state index is 0.518. The van der Waals surface area contributed by atoms with Gasteiger partial charge in [0.25, 0.3) is 0 Å². The fourth-order valence-corrected chi connectivity index (χ4v) is 1.07. The molecule has 0 aliphatic carbocycles. The minimum atomic E-state index is 0.518. The Morgan fingerprint density at radius 2 is 2.08 bits per heavy atom. The van der Waals surface area contributed by atoms with Gasteiger partial charge in [-0.05, 0) is 15.9 Å². The highest BCUT2D eigenvalue weighted by atomic mass is 79.9. The second-order valence-electron chi connectivity index (χ2n) is 1.77. The van der Waals surface area contributed by atoms with Crippen LogP contribution in [0, 0.1) is 5.41 Å². The number of hydrogen-bond acceptors (Lipinski definition) is 3. The lowest BCUT2D eigenvalue weighted by atomic mass is 10.2. The van der Waals surface area contributed by atoms with E-state index in [9.17, 15) is 0 Å². The average molecular weight is 230 g/mol. The molecule has 0 bridgehead atoms. The molecule has 1 aromatic heterocycles. The zero-order valence-electron chi connectivity index (χ0n) is 7.13. The summed E-state index contributed by atoms with van der Waals surface area (Å²) in [5, 5.41) is 6.96. The number of pyridine rings is 1. The molecule has 66 valence electrons. The highest BCUT2D eigenvalue weighted by Crippen LogP contribution is 2.17. The topological polar surface area (TPSA) is 62.8 Å². The van der Waals surface area contributed by atoms with Crippen LogP contribution in [-0.2, 0) is 0 Å². The summed E-state index contributed by atoms with van der Waals surface area (Å²) in [4.78, 5) is 3.82. The van der Waals surface area contributed by atoms with Crippen molar-refractivity contribution in [2.24, 2.45) is 0 Å². The molecule has 3 N–H and O–H groups in total. The number of nitrogens with one attached hydrogen (secondary N) is 1. The SMILES string of the molecule is CC.N=Cc1c(N)cncc1Br. The molecule has 0 aromatic carbocycles. The Bertz CT molecular complexity index is 240. The molecule has 0 saturated heterocycles. The van der Waals surface area contributed by atoms with Gasteiger partial charge in [0.15, 0.2) is 0 Å². The van der Waals surface area contributed by atoms with Crippen LogP contribution in [0.5, 0.6) is 0 Å². The molecule has 1 heterocycles. The van der Waals surface area contributed by atoms with E-state index in [1.165, 1.54) is 12.4 Å². The van der Waals surface area contributed by atoms with Crippen molar-refractivity contribution in [1.82, 2.24) is 4.98 Å². The van der Waals surface area contributed by atoms with Gasteiger partial charge in [-0.2, -0.15) is 0 Å². The number of aromatic nitrogens is 1. The van der Waals surface area contributed by atoms with E-state index < -0.39 is 0 Å². The first kappa shape index (κ1) is 11.1. The minimum Gasteiger partial charge on any atom is -0.397 e. The lowest BCUT2D eigenvalue weighted by Crippen LogP contribution is -1.94. The predicted molar refractivity (Wildman–Crippen MR) is 55.6 cm³/mol. The lowest BCUT2D eigenvalue weighted by molar-refractivity contribution is 1.30. The molecule has 0 saturated carbocycles. The molecule has 12 heavy (non-hydrogen) atoms. The van der Waals surface area contributed by atoms with Crippen LogP contribution in [0.3, 0.4) is 0 Å². The first-order chi connectivity index (χ1) is 5.75. The van der Waals surface area contributed by atoms with Crippen LogP contribution in [0.4, 0.5) is 5.69 Å². The average Bonchev–Trinajstić information content (AvgIpc) is 2.08. The van der Waals surface area contributed by atoms with E-state index in [2.05, 4.69) is 20.9 Å². The summed E-state index contributed by atoms with van der Waals surface area (Å²) in [6, 6.07) is 0. The van der Waals surface area contributed by atoms with E-state index in [-0.39, 0.29) is 0 Å². The molecule has 0 atom stereocenters. The molecule has 0 amide bonds. The van der Waals surface area contributed by atoms with Crippen molar-refractivity contribution in [3.05, 3.63) is 22.4 Å². The Labute approximate surface area is 80.6 Å². The maximum atomic E-state index is 6.96. The van der Waals surface area contributed by atoms with Crippen molar-refractivity contribution in [3.8, 4) is 0 Å². The van der Waals surface area contributed by atoms with Crippen LogP contribution in [0.2, 0.25) is 0 Å². The lowest BCUT2D eigenvalue weighted by Gasteiger charge is -1.98. The van der Waals surface area contributed by atoms with Crippen molar-refractivity contribution in [2.75, 3.05) is 5.73 Å². The number of rotatable bonds is 1. The van der Waals surface area contributed by atoms with Gasteiger partial charge in [-0.15, -0.1) is 0 Å². The van der Waals surface area contributed by atoms with Crippen molar-refractivity contribution in [1.29, 1.82) is 5.41 Å². The molecule has 0 radical (unpaired) electrons. The first-order valence-corrected chi connectivity index (χ1v) is 4.44. The maximum absolute atomic E-state index is 6.96. The van der Waals surface area contributed by atoms with Crippen LogP contribution in [0.15, 0.2) is 16.9 Å². The third-order valence-corrected chi connectivity index (χ3v) is 1.75. The van der Waals surface area contributed by atoms with Crippen molar-refractivity contribution in [2.45, 2.75) is 13.8 Å². The Kier molecular flexibility index (Phi) is 5.28. The number of anilines is 1. The summed E-state index contributed by atoms with van der Waals surface area (Å²) >= 11 is 3.21. The highest BCUT2D eigenvalue weighted by Gasteiger charge is 1.99. The summed E-state index contributed by atoms with van der Waals surface area (Å²) in [6.07, 6.45) is 4.32. The van der Waals surface area contributed by atoms with E-state index in [0.29, 0.717) is 11.3 Å². The largest absolute Gasteiger partial charge is 0.397 e. The third-order valence-electron chi connectivity index (χ3n) is 1.11. The van der Waals surface area contributed by atoms with Crippen molar-refractivity contribution < 1.29 is 0 Å². The Morgan fingerprint density at radius 3 is 2.42 bits per heavy atom. The number of nitrogens with two attached hydrogens (primary N) is 1. The molecular formula is C8H12BrN3. The van der Waals surface area contributed by atoms with Gasteiger partial charge in [0.1, 0.15) is 0 Å². The van der Waals surface area contributed by atoms with E-state index in [4.69, 9.17) is 11.1 Å². The molecule has 0 unspecified atom stereocenters. The van der Waals surface area contributed by atoms with Crippen molar-refractivity contribution in [3.63, 3.8) is 0 Å². The first-order valence-electron chi connectivity index (χ1n) is 3.65. The second kappa shape index (κ2) is 5.71. The maximum Gasteiger partial charge on any atom is 0.0601 e. The second-order valence-corrected chi connectivity index (χ2v) is 2.62.